The van der Waals surface area contributed by atoms with Gasteiger partial charge in [0.2, 0.25) is 0 Å². The van der Waals surface area contributed by atoms with E-state index in [0.29, 0.717) is 31.6 Å². The molecule has 2 heterocycles. The number of amides is 3. The highest BCUT2D eigenvalue weighted by Gasteiger charge is 2.58. The smallest absolute Gasteiger partial charge is 0.332 e. The molecule has 7 heteroatoms. The second-order valence-corrected chi connectivity index (χ2v) is 5.70. The molecule has 1 spiro atoms. The Kier molecular flexibility index (Phi) is 4.04. The van der Waals surface area contributed by atoms with Crippen molar-refractivity contribution in [2.45, 2.75) is 18.4 Å². The van der Waals surface area contributed by atoms with Gasteiger partial charge in [0.1, 0.15) is 12.1 Å². The number of anilines is 1. The molecule has 1 aromatic carbocycles. The molecule has 7 nitrogen and oxygen atoms in total. The van der Waals surface area contributed by atoms with Crippen molar-refractivity contribution in [2.24, 2.45) is 0 Å². The van der Waals surface area contributed by atoms with E-state index in [1.165, 1.54) is 7.11 Å². The number of ether oxygens (including phenoxy) is 1. The van der Waals surface area contributed by atoms with Crippen LogP contribution in [0, 0.1) is 0 Å². The Hall–Kier alpha value is -2.41. The molecule has 2 saturated heterocycles. The number of rotatable bonds is 3. The number of urea groups is 1. The van der Waals surface area contributed by atoms with Gasteiger partial charge < -0.3 is 10.1 Å². The van der Waals surface area contributed by atoms with Gasteiger partial charge in [-0.3, -0.25) is 19.4 Å². The largest absolute Gasteiger partial charge is 0.468 e. The van der Waals surface area contributed by atoms with Gasteiger partial charge in [-0.2, -0.15) is 0 Å². The zero-order chi connectivity index (χ0) is 16.4. The number of methoxy groups -OCH3 is 1. The highest BCUT2D eigenvalue weighted by atomic mass is 16.5. The number of esters is 1. The third-order valence-corrected chi connectivity index (χ3v) is 4.45. The minimum Gasteiger partial charge on any atom is -0.468 e. The summed E-state index contributed by atoms with van der Waals surface area (Å²) in [6.45, 7) is 0.940. The fourth-order valence-electron chi connectivity index (χ4n) is 3.28. The Labute approximate surface area is 134 Å². The van der Waals surface area contributed by atoms with Crippen LogP contribution in [0.4, 0.5) is 10.5 Å². The van der Waals surface area contributed by atoms with Crippen LogP contribution in [0.25, 0.3) is 0 Å². The monoisotopic (exact) mass is 317 g/mol. The van der Waals surface area contributed by atoms with E-state index in [2.05, 4.69) is 10.1 Å². The number of nitrogens with zero attached hydrogens (tertiary/aromatic N) is 2. The highest BCUT2D eigenvalue weighted by Crippen LogP contribution is 2.39. The molecule has 122 valence electrons. The van der Waals surface area contributed by atoms with E-state index in [0.717, 1.165) is 4.90 Å². The lowest BCUT2D eigenvalue weighted by molar-refractivity contribution is -0.145. The molecule has 0 saturated carbocycles. The average Bonchev–Trinajstić information content (AvgIpc) is 2.78. The maximum absolute atomic E-state index is 13.0. The summed E-state index contributed by atoms with van der Waals surface area (Å²) in [7, 11) is 1.24. The van der Waals surface area contributed by atoms with Crippen LogP contribution in [0.15, 0.2) is 30.3 Å². The fraction of sp³-hybridized carbons (Fsp3) is 0.438. The summed E-state index contributed by atoms with van der Waals surface area (Å²) < 4.78 is 4.61. The number of carbonyl (C=O) groups excluding carboxylic acids is 3. The van der Waals surface area contributed by atoms with Crippen LogP contribution in [0.5, 0.6) is 0 Å². The average molecular weight is 317 g/mol. The Morgan fingerprint density at radius 1 is 1.22 bits per heavy atom. The zero-order valence-electron chi connectivity index (χ0n) is 12.9. The fourth-order valence-corrected chi connectivity index (χ4v) is 3.28. The normalized spacial score (nSPS) is 20.2. The van der Waals surface area contributed by atoms with E-state index in [-0.39, 0.29) is 12.5 Å². The van der Waals surface area contributed by atoms with Gasteiger partial charge in [0.05, 0.1) is 7.11 Å². The third-order valence-electron chi connectivity index (χ3n) is 4.45. The van der Waals surface area contributed by atoms with Crippen LogP contribution in [0.2, 0.25) is 0 Å². The number of para-hydroxylation sites is 1. The molecule has 1 N–H and O–H groups in total. The van der Waals surface area contributed by atoms with Gasteiger partial charge in [0.15, 0.2) is 0 Å². The van der Waals surface area contributed by atoms with Gasteiger partial charge in [0.25, 0.3) is 5.91 Å². The molecule has 2 fully saturated rings. The van der Waals surface area contributed by atoms with Crippen LogP contribution in [-0.4, -0.2) is 55.1 Å². The molecule has 3 amide bonds. The van der Waals surface area contributed by atoms with Crippen molar-refractivity contribution in [1.82, 2.24) is 10.2 Å². The molecule has 0 unspecified atom stereocenters. The molecule has 0 atom stereocenters. The summed E-state index contributed by atoms with van der Waals surface area (Å²) in [5, 5.41) is 3.21. The second-order valence-electron chi connectivity index (χ2n) is 5.70. The number of hydrogen-bond acceptors (Lipinski definition) is 5. The minimum absolute atomic E-state index is 0.321. The lowest BCUT2D eigenvalue weighted by atomic mass is 9.86. The minimum atomic E-state index is -0.919. The van der Waals surface area contributed by atoms with Crippen molar-refractivity contribution in [2.75, 3.05) is 31.6 Å². The van der Waals surface area contributed by atoms with Crippen LogP contribution < -0.4 is 10.2 Å². The van der Waals surface area contributed by atoms with Gasteiger partial charge in [-0.15, -0.1) is 0 Å². The van der Waals surface area contributed by atoms with Crippen LogP contribution >= 0.6 is 0 Å². The molecule has 0 aliphatic carbocycles. The molecule has 1 aromatic rings. The SMILES string of the molecule is COC(=O)CN1C(=O)N(c2ccccc2)C2(CCNCC2)C1=O. The molecule has 2 aliphatic heterocycles. The van der Waals surface area contributed by atoms with Crippen LogP contribution in [0.3, 0.4) is 0 Å². The number of nitrogens with one attached hydrogen (secondary N) is 1. The summed E-state index contributed by atoms with van der Waals surface area (Å²) in [5.74, 6) is -0.927. The molecule has 0 bridgehead atoms. The summed E-state index contributed by atoms with van der Waals surface area (Å²) in [5.41, 5.74) is -0.252. The highest BCUT2D eigenvalue weighted by molar-refractivity contribution is 6.18. The number of imide groups is 1. The standard InChI is InChI=1S/C16H19N3O4/c1-23-13(20)11-18-14(21)16(7-9-17-10-8-16)19(15(18)22)12-5-3-2-4-6-12/h2-6,17H,7-11H2,1H3. The molecule has 23 heavy (non-hydrogen) atoms. The first-order chi connectivity index (χ1) is 11.1. The Balaban J connectivity index is 2.02. The van der Waals surface area contributed by atoms with E-state index >= 15 is 0 Å². The van der Waals surface area contributed by atoms with E-state index in [4.69, 9.17) is 0 Å². The quantitative estimate of drug-likeness (QED) is 0.657. The topological polar surface area (TPSA) is 79.0 Å². The lowest BCUT2D eigenvalue weighted by Gasteiger charge is -2.38. The van der Waals surface area contributed by atoms with E-state index in [1.54, 1.807) is 17.0 Å². The van der Waals surface area contributed by atoms with Crippen molar-refractivity contribution in [3.05, 3.63) is 30.3 Å². The maximum Gasteiger partial charge on any atom is 0.332 e. The first-order valence-corrected chi connectivity index (χ1v) is 7.59. The summed E-state index contributed by atoms with van der Waals surface area (Å²) in [6, 6.07) is 8.64. The van der Waals surface area contributed by atoms with Crippen molar-refractivity contribution in [1.29, 1.82) is 0 Å². The molecule has 2 aliphatic rings. The molecule has 0 radical (unpaired) electrons. The van der Waals surface area contributed by atoms with Gasteiger partial charge in [-0.05, 0) is 38.1 Å². The van der Waals surface area contributed by atoms with Crippen LogP contribution in [0.1, 0.15) is 12.8 Å². The third kappa shape index (κ3) is 2.46. The van der Waals surface area contributed by atoms with Crippen LogP contribution in [-0.2, 0) is 14.3 Å². The van der Waals surface area contributed by atoms with Crippen molar-refractivity contribution in [3.8, 4) is 0 Å². The Morgan fingerprint density at radius 2 is 1.87 bits per heavy atom. The molecular weight excluding hydrogens is 298 g/mol. The first kappa shape index (κ1) is 15.5. The number of carbonyl (C=O) groups is 3. The lowest BCUT2D eigenvalue weighted by Crippen LogP contribution is -2.56. The van der Waals surface area contributed by atoms with E-state index in [1.807, 2.05) is 18.2 Å². The zero-order valence-corrected chi connectivity index (χ0v) is 12.9. The summed E-state index contributed by atoms with van der Waals surface area (Å²) >= 11 is 0. The Bertz CT molecular complexity index is 625. The van der Waals surface area contributed by atoms with Gasteiger partial charge in [-0.25, -0.2) is 4.79 Å². The van der Waals surface area contributed by atoms with Gasteiger partial charge >= 0.3 is 12.0 Å². The van der Waals surface area contributed by atoms with E-state index < -0.39 is 17.5 Å². The molecular formula is C16H19N3O4. The van der Waals surface area contributed by atoms with Crippen molar-refractivity contribution in [3.63, 3.8) is 0 Å². The second kappa shape index (κ2) is 6.00. The van der Waals surface area contributed by atoms with E-state index in [9.17, 15) is 14.4 Å². The van der Waals surface area contributed by atoms with Gasteiger partial charge in [0, 0.05) is 5.69 Å². The van der Waals surface area contributed by atoms with Crippen molar-refractivity contribution < 1.29 is 19.1 Å². The molecule has 0 aromatic heterocycles. The van der Waals surface area contributed by atoms with Gasteiger partial charge in [-0.1, -0.05) is 18.2 Å². The summed E-state index contributed by atoms with van der Waals surface area (Å²) in [6.07, 6.45) is 1.04. The first-order valence-electron chi connectivity index (χ1n) is 7.59. The number of benzene rings is 1. The maximum atomic E-state index is 13.0. The summed E-state index contributed by atoms with van der Waals surface area (Å²) in [4.78, 5) is 39.9. The Morgan fingerprint density at radius 3 is 2.48 bits per heavy atom. The molecule has 3 rings (SSSR count). The predicted octanol–water partition coefficient (Wildman–Crippen LogP) is 0.750. The predicted molar refractivity (Wildman–Crippen MR) is 82.9 cm³/mol. The number of hydrogen-bond donors (Lipinski definition) is 1. The van der Waals surface area contributed by atoms with Crippen molar-refractivity contribution >= 4 is 23.6 Å². The number of piperidine rings is 1.